The fourth-order valence-corrected chi connectivity index (χ4v) is 2.87. The normalized spacial score (nSPS) is 11.6. The van der Waals surface area contributed by atoms with Gasteiger partial charge in [0.25, 0.3) is 0 Å². The van der Waals surface area contributed by atoms with Crippen molar-refractivity contribution in [3.05, 3.63) is 71.7 Å². The molecule has 6 nitrogen and oxygen atoms in total. The highest BCUT2D eigenvalue weighted by molar-refractivity contribution is 6.31. The van der Waals surface area contributed by atoms with Gasteiger partial charge in [-0.1, -0.05) is 11.6 Å². The van der Waals surface area contributed by atoms with Crippen LogP contribution in [-0.2, 0) is 0 Å². The number of hydrogen-bond acceptors (Lipinski definition) is 4. The van der Waals surface area contributed by atoms with E-state index in [0.717, 1.165) is 27.7 Å². The summed E-state index contributed by atoms with van der Waals surface area (Å²) in [5, 5.41) is 15.4. The van der Waals surface area contributed by atoms with Crippen molar-refractivity contribution in [3.63, 3.8) is 0 Å². The minimum absolute atomic E-state index is 0.503. The Morgan fingerprint density at radius 1 is 1.28 bits per heavy atom. The van der Waals surface area contributed by atoms with Crippen LogP contribution in [0.2, 0.25) is 5.02 Å². The maximum atomic E-state index is 9.69. The zero-order valence-electron chi connectivity index (χ0n) is 12.9. The first-order valence-electron chi connectivity index (χ1n) is 7.44. The molecule has 4 aromatic rings. The van der Waals surface area contributed by atoms with E-state index in [1.165, 1.54) is 6.33 Å². The Balaban J connectivity index is 1.88. The lowest BCUT2D eigenvalue weighted by Gasteiger charge is -2.05. The number of fused-ring (bicyclic) bond motifs is 1. The summed E-state index contributed by atoms with van der Waals surface area (Å²) in [4.78, 5) is 11.3. The fourth-order valence-electron chi connectivity index (χ4n) is 2.69. The zero-order chi connectivity index (χ0) is 17.2. The van der Waals surface area contributed by atoms with E-state index in [1.54, 1.807) is 29.5 Å². The molecule has 0 aliphatic carbocycles. The van der Waals surface area contributed by atoms with E-state index in [4.69, 9.17) is 11.6 Å². The second-order valence-corrected chi connectivity index (χ2v) is 5.77. The van der Waals surface area contributed by atoms with Crippen LogP contribution in [0.1, 0.15) is 11.1 Å². The summed E-state index contributed by atoms with van der Waals surface area (Å²) >= 11 is 6.10. The Morgan fingerprint density at radius 2 is 2.20 bits per heavy atom. The third-order valence-corrected chi connectivity index (χ3v) is 4.08. The molecule has 0 aliphatic heterocycles. The Morgan fingerprint density at radius 3 is 3.00 bits per heavy atom. The standard InChI is InChI=1S/C18H11ClN6/c19-14-1-2-17-15(6-14)16(9-23-17)12(7-20)5-13-8-21-4-3-18(13)25-11-22-10-24-25/h1-6,8-11,23H. The first kappa shape index (κ1) is 15.1. The van der Waals surface area contributed by atoms with E-state index in [0.29, 0.717) is 10.6 Å². The number of nitriles is 1. The number of pyridine rings is 1. The molecule has 1 N–H and O–H groups in total. The highest BCUT2D eigenvalue weighted by atomic mass is 35.5. The number of allylic oxidation sites excluding steroid dienone is 1. The van der Waals surface area contributed by atoms with Crippen molar-refractivity contribution in [2.24, 2.45) is 0 Å². The van der Waals surface area contributed by atoms with Crippen LogP contribution in [0.3, 0.4) is 0 Å². The molecule has 120 valence electrons. The van der Waals surface area contributed by atoms with Gasteiger partial charge in [-0.05, 0) is 30.3 Å². The molecule has 0 amide bonds. The number of nitrogens with one attached hydrogen (secondary N) is 1. The van der Waals surface area contributed by atoms with Crippen LogP contribution in [0.5, 0.6) is 0 Å². The average molecular weight is 347 g/mol. The van der Waals surface area contributed by atoms with Gasteiger partial charge in [0.15, 0.2) is 0 Å². The summed E-state index contributed by atoms with van der Waals surface area (Å²) in [6.07, 6.45) is 10.0. The van der Waals surface area contributed by atoms with Gasteiger partial charge in [0.05, 0.1) is 17.3 Å². The molecule has 0 unspecified atom stereocenters. The number of halogens is 1. The first-order valence-corrected chi connectivity index (χ1v) is 7.82. The molecule has 0 fully saturated rings. The Labute approximate surface area is 148 Å². The van der Waals surface area contributed by atoms with E-state index < -0.39 is 0 Å². The molecule has 3 aromatic heterocycles. The van der Waals surface area contributed by atoms with Crippen molar-refractivity contribution in [2.75, 3.05) is 0 Å². The van der Waals surface area contributed by atoms with Gasteiger partial charge in [-0.15, -0.1) is 0 Å². The number of H-pyrrole nitrogens is 1. The van der Waals surface area contributed by atoms with Gasteiger partial charge < -0.3 is 4.98 Å². The largest absolute Gasteiger partial charge is 0.361 e. The molecule has 0 saturated heterocycles. The highest BCUT2D eigenvalue weighted by Gasteiger charge is 2.11. The third-order valence-electron chi connectivity index (χ3n) is 3.85. The van der Waals surface area contributed by atoms with Gasteiger partial charge in [-0.2, -0.15) is 10.4 Å². The molecule has 0 aliphatic rings. The van der Waals surface area contributed by atoms with Crippen LogP contribution in [0.25, 0.3) is 28.2 Å². The lowest BCUT2D eigenvalue weighted by atomic mass is 10.0. The monoisotopic (exact) mass is 346 g/mol. The Bertz CT molecular complexity index is 1120. The molecule has 0 atom stereocenters. The molecular weight excluding hydrogens is 336 g/mol. The van der Waals surface area contributed by atoms with Crippen LogP contribution in [0.15, 0.2) is 55.5 Å². The lowest BCUT2D eigenvalue weighted by molar-refractivity contribution is 0.874. The molecule has 0 bridgehead atoms. The number of benzene rings is 1. The van der Waals surface area contributed by atoms with Crippen LogP contribution >= 0.6 is 11.6 Å². The van der Waals surface area contributed by atoms with Crippen LogP contribution in [-0.4, -0.2) is 24.7 Å². The molecular formula is C18H11ClN6. The van der Waals surface area contributed by atoms with Crippen LogP contribution in [0, 0.1) is 11.3 Å². The van der Waals surface area contributed by atoms with Gasteiger partial charge in [0.2, 0.25) is 0 Å². The molecule has 7 heteroatoms. The van der Waals surface area contributed by atoms with Crippen molar-refractivity contribution in [1.82, 2.24) is 24.7 Å². The number of rotatable bonds is 3. The van der Waals surface area contributed by atoms with Crippen molar-refractivity contribution >= 4 is 34.2 Å². The summed E-state index contributed by atoms with van der Waals surface area (Å²) in [7, 11) is 0. The highest BCUT2D eigenvalue weighted by Crippen LogP contribution is 2.29. The zero-order valence-corrected chi connectivity index (χ0v) is 13.6. The summed E-state index contributed by atoms with van der Waals surface area (Å²) in [5.41, 5.74) is 3.76. The minimum atomic E-state index is 0.503. The SMILES string of the molecule is N#CC(=Cc1cnccc1-n1cncn1)c1c[nH]c2ccc(Cl)cc12. The quantitative estimate of drug-likeness (QED) is 0.571. The molecule has 0 saturated carbocycles. The van der Waals surface area contributed by atoms with E-state index in [-0.39, 0.29) is 0 Å². The van der Waals surface area contributed by atoms with Gasteiger partial charge in [-0.25, -0.2) is 9.67 Å². The second kappa shape index (κ2) is 6.23. The minimum Gasteiger partial charge on any atom is -0.361 e. The number of nitrogens with zero attached hydrogens (tertiary/aromatic N) is 5. The van der Waals surface area contributed by atoms with Crippen molar-refractivity contribution < 1.29 is 0 Å². The summed E-state index contributed by atoms with van der Waals surface area (Å²) in [5.74, 6) is 0. The molecule has 0 spiro atoms. The maximum absolute atomic E-state index is 9.69. The molecule has 0 radical (unpaired) electrons. The predicted octanol–water partition coefficient (Wildman–Crippen LogP) is 3.86. The van der Waals surface area contributed by atoms with Gasteiger partial charge >= 0.3 is 0 Å². The van der Waals surface area contributed by atoms with Crippen molar-refractivity contribution in [1.29, 1.82) is 5.26 Å². The topological polar surface area (TPSA) is 83.2 Å². The molecule has 25 heavy (non-hydrogen) atoms. The number of aromatic amines is 1. The molecule has 4 rings (SSSR count). The van der Waals surface area contributed by atoms with Gasteiger partial charge in [-0.3, -0.25) is 4.98 Å². The first-order chi connectivity index (χ1) is 12.3. The smallest absolute Gasteiger partial charge is 0.138 e. The van der Waals surface area contributed by atoms with Crippen molar-refractivity contribution in [2.45, 2.75) is 0 Å². The summed E-state index contributed by atoms with van der Waals surface area (Å²) < 4.78 is 1.63. The van der Waals surface area contributed by atoms with Gasteiger partial charge in [0.1, 0.15) is 12.7 Å². The Kier molecular flexibility index (Phi) is 3.77. The van der Waals surface area contributed by atoms with Gasteiger partial charge in [0, 0.05) is 45.6 Å². The summed E-state index contributed by atoms with van der Waals surface area (Å²) in [6, 6.07) is 9.63. The maximum Gasteiger partial charge on any atom is 0.138 e. The van der Waals surface area contributed by atoms with E-state index in [9.17, 15) is 5.26 Å². The predicted molar refractivity (Wildman–Crippen MR) is 95.9 cm³/mol. The number of aromatic nitrogens is 5. The van der Waals surface area contributed by atoms with E-state index in [1.807, 2.05) is 30.5 Å². The second-order valence-electron chi connectivity index (χ2n) is 5.34. The Hall–Kier alpha value is -3.43. The molecule has 1 aromatic carbocycles. The van der Waals surface area contributed by atoms with Crippen LogP contribution < -0.4 is 0 Å². The lowest BCUT2D eigenvalue weighted by Crippen LogP contribution is -1.98. The average Bonchev–Trinajstić information content (AvgIpc) is 3.30. The third kappa shape index (κ3) is 2.77. The number of hydrogen-bond donors (Lipinski definition) is 1. The van der Waals surface area contributed by atoms with Crippen LogP contribution in [0.4, 0.5) is 0 Å². The fraction of sp³-hybridized carbons (Fsp3) is 0. The van der Waals surface area contributed by atoms with E-state index in [2.05, 4.69) is 26.1 Å². The summed E-state index contributed by atoms with van der Waals surface area (Å²) in [6.45, 7) is 0. The van der Waals surface area contributed by atoms with E-state index >= 15 is 0 Å². The molecule has 3 heterocycles. The van der Waals surface area contributed by atoms with Crippen molar-refractivity contribution in [3.8, 4) is 11.8 Å².